The average molecular weight is 372 g/mol. The zero-order valence-electron chi connectivity index (χ0n) is 14.7. The number of carbonyl (C=O) groups excluding carboxylic acids is 1. The van der Waals surface area contributed by atoms with Crippen molar-refractivity contribution < 1.29 is 14.6 Å². The van der Waals surface area contributed by atoms with E-state index in [0.29, 0.717) is 18.7 Å². The summed E-state index contributed by atoms with van der Waals surface area (Å²) >= 11 is 1.74. The van der Waals surface area contributed by atoms with Crippen molar-refractivity contribution in [2.75, 3.05) is 32.4 Å². The number of quaternary nitrogens is 1. The summed E-state index contributed by atoms with van der Waals surface area (Å²) in [6.07, 6.45) is 2.07. The Kier molecular flexibility index (Phi) is 5.90. The molecule has 26 heavy (non-hydrogen) atoms. The van der Waals surface area contributed by atoms with Gasteiger partial charge in [0, 0.05) is 28.2 Å². The molecule has 2 aromatic rings. The van der Waals surface area contributed by atoms with Crippen LogP contribution >= 0.6 is 11.8 Å². The highest BCUT2D eigenvalue weighted by Gasteiger charge is 2.24. The van der Waals surface area contributed by atoms with E-state index in [4.69, 9.17) is 0 Å². The molecule has 0 spiro atoms. The second-order valence-corrected chi connectivity index (χ2v) is 7.25. The van der Waals surface area contributed by atoms with E-state index in [0.717, 1.165) is 19.6 Å². The lowest BCUT2D eigenvalue weighted by atomic mass is 10.1. The molecule has 1 N–H and O–H groups in total. The molecule has 7 heteroatoms. The predicted molar refractivity (Wildman–Crippen MR) is 102 cm³/mol. The molecule has 136 valence electrons. The van der Waals surface area contributed by atoms with Gasteiger partial charge in [0.15, 0.2) is 0 Å². The van der Waals surface area contributed by atoms with Gasteiger partial charge in [-0.3, -0.25) is 14.9 Å². The normalized spacial score (nSPS) is 15.0. The van der Waals surface area contributed by atoms with Crippen LogP contribution in [0.25, 0.3) is 0 Å². The molecule has 3 rings (SSSR count). The largest absolute Gasteiger partial charge is 0.328 e. The summed E-state index contributed by atoms with van der Waals surface area (Å²) in [7, 11) is 0. The molecule has 0 atom stereocenters. The minimum Gasteiger partial charge on any atom is -0.328 e. The molecular weight excluding hydrogens is 350 g/mol. The highest BCUT2D eigenvalue weighted by atomic mass is 32.2. The standard InChI is InChI=1S/C19H21N3O3S/c1-26-18-8-2-15(3-9-18)14-20-10-12-21(13-11-20)19(23)16-4-6-17(7-5-16)22(24)25/h2-9H,10-14H2,1H3/p+1. The number of thioether (sulfide) groups is 1. The van der Waals surface area contributed by atoms with Crippen LogP contribution in [0.5, 0.6) is 0 Å². The molecule has 0 radical (unpaired) electrons. The number of nitrogens with one attached hydrogen (secondary N) is 1. The van der Waals surface area contributed by atoms with Crippen LogP contribution in [0, 0.1) is 10.1 Å². The van der Waals surface area contributed by atoms with Gasteiger partial charge in [0.05, 0.1) is 31.1 Å². The molecule has 0 aliphatic carbocycles. The molecule has 1 saturated heterocycles. The summed E-state index contributed by atoms with van der Waals surface area (Å²) in [6, 6.07) is 14.5. The maximum atomic E-state index is 12.6. The van der Waals surface area contributed by atoms with Crippen molar-refractivity contribution in [3.8, 4) is 0 Å². The van der Waals surface area contributed by atoms with Gasteiger partial charge in [-0.05, 0) is 30.5 Å². The van der Waals surface area contributed by atoms with Gasteiger partial charge in [-0.25, -0.2) is 0 Å². The Labute approximate surface area is 156 Å². The van der Waals surface area contributed by atoms with Crippen molar-refractivity contribution >= 4 is 23.4 Å². The van der Waals surface area contributed by atoms with E-state index < -0.39 is 4.92 Å². The topological polar surface area (TPSA) is 67.9 Å². The molecule has 1 amide bonds. The molecule has 6 nitrogen and oxygen atoms in total. The Morgan fingerprint density at radius 2 is 1.73 bits per heavy atom. The Morgan fingerprint density at radius 1 is 1.12 bits per heavy atom. The first kappa shape index (κ1) is 18.4. The molecular formula is C19H22N3O3S+. The zero-order chi connectivity index (χ0) is 18.5. The van der Waals surface area contributed by atoms with Gasteiger partial charge in [0.25, 0.3) is 11.6 Å². The van der Waals surface area contributed by atoms with E-state index in [1.54, 1.807) is 11.8 Å². The molecule has 2 aromatic carbocycles. The zero-order valence-corrected chi connectivity index (χ0v) is 15.5. The Bertz CT molecular complexity index is 770. The third-order valence-corrected chi connectivity index (χ3v) is 5.44. The first-order valence-corrected chi connectivity index (χ1v) is 9.79. The molecule has 1 aliphatic rings. The number of amides is 1. The fraction of sp³-hybridized carbons (Fsp3) is 0.316. The van der Waals surface area contributed by atoms with Gasteiger partial charge < -0.3 is 9.80 Å². The second-order valence-electron chi connectivity index (χ2n) is 6.37. The van der Waals surface area contributed by atoms with Gasteiger partial charge in [0.1, 0.15) is 6.54 Å². The number of benzene rings is 2. The minimum absolute atomic E-state index is 0.00306. The Balaban J connectivity index is 1.53. The fourth-order valence-electron chi connectivity index (χ4n) is 3.14. The summed E-state index contributed by atoms with van der Waals surface area (Å²) in [5.74, 6) is -0.0525. The van der Waals surface area contributed by atoms with Crippen LogP contribution in [0.3, 0.4) is 0 Å². The number of nitro groups is 1. The lowest BCUT2D eigenvalue weighted by Crippen LogP contribution is -3.13. The molecule has 0 aromatic heterocycles. The minimum atomic E-state index is -0.456. The highest BCUT2D eigenvalue weighted by Crippen LogP contribution is 2.15. The van der Waals surface area contributed by atoms with Crippen LogP contribution in [0.2, 0.25) is 0 Å². The first-order valence-electron chi connectivity index (χ1n) is 8.57. The smallest absolute Gasteiger partial charge is 0.269 e. The van der Waals surface area contributed by atoms with Gasteiger partial charge in [-0.1, -0.05) is 12.1 Å². The van der Waals surface area contributed by atoms with Crippen LogP contribution in [0.15, 0.2) is 53.4 Å². The van der Waals surface area contributed by atoms with E-state index in [1.807, 2.05) is 4.90 Å². The average Bonchev–Trinajstić information content (AvgIpc) is 2.69. The van der Waals surface area contributed by atoms with Crippen LogP contribution in [0.4, 0.5) is 5.69 Å². The van der Waals surface area contributed by atoms with Crippen LogP contribution < -0.4 is 4.90 Å². The van der Waals surface area contributed by atoms with Crippen molar-refractivity contribution in [1.29, 1.82) is 0 Å². The van der Waals surface area contributed by atoms with E-state index >= 15 is 0 Å². The molecule has 1 aliphatic heterocycles. The number of hydrogen-bond acceptors (Lipinski definition) is 4. The highest BCUT2D eigenvalue weighted by molar-refractivity contribution is 7.98. The summed E-state index contributed by atoms with van der Waals surface area (Å²) in [6.45, 7) is 4.18. The number of rotatable bonds is 5. The second kappa shape index (κ2) is 8.33. The van der Waals surface area contributed by atoms with Crippen LogP contribution in [-0.4, -0.2) is 48.2 Å². The summed E-state index contributed by atoms with van der Waals surface area (Å²) in [5, 5.41) is 10.7. The van der Waals surface area contributed by atoms with Crippen molar-refractivity contribution in [3.05, 3.63) is 69.8 Å². The molecule has 0 saturated carbocycles. The maximum Gasteiger partial charge on any atom is 0.269 e. The molecule has 1 heterocycles. The van der Waals surface area contributed by atoms with Crippen molar-refractivity contribution in [1.82, 2.24) is 4.90 Å². The van der Waals surface area contributed by atoms with E-state index in [9.17, 15) is 14.9 Å². The van der Waals surface area contributed by atoms with E-state index in [1.165, 1.54) is 39.6 Å². The first-order chi connectivity index (χ1) is 12.6. The number of carbonyl (C=O) groups is 1. The molecule has 0 unspecified atom stereocenters. The van der Waals surface area contributed by atoms with Crippen LogP contribution in [-0.2, 0) is 6.54 Å². The van der Waals surface area contributed by atoms with Crippen LogP contribution in [0.1, 0.15) is 15.9 Å². The van der Waals surface area contributed by atoms with Crippen molar-refractivity contribution in [2.24, 2.45) is 0 Å². The van der Waals surface area contributed by atoms with Crippen molar-refractivity contribution in [3.63, 3.8) is 0 Å². The predicted octanol–water partition coefficient (Wildman–Crippen LogP) is 1.86. The van der Waals surface area contributed by atoms with E-state index in [-0.39, 0.29) is 11.6 Å². The van der Waals surface area contributed by atoms with Gasteiger partial charge in [-0.2, -0.15) is 0 Å². The number of non-ortho nitro benzene ring substituents is 1. The monoisotopic (exact) mass is 372 g/mol. The lowest BCUT2D eigenvalue weighted by molar-refractivity contribution is -0.917. The third-order valence-electron chi connectivity index (χ3n) is 4.70. The third kappa shape index (κ3) is 4.42. The van der Waals surface area contributed by atoms with E-state index in [2.05, 4.69) is 30.5 Å². The van der Waals surface area contributed by atoms with Gasteiger partial charge in [-0.15, -0.1) is 11.8 Å². The maximum absolute atomic E-state index is 12.6. The molecule has 0 bridgehead atoms. The molecule has 1 fully saturated rings. The summed E-state index contributed by atoms with van der Waals surface area (Å²) < 4.78 is 0. The number of hydrogen-bond donors (Lipinski definition) is 1. The number of piperazine rings is 1. The quantitative estimate of drug-likeness (QED) is 0.494. The Morgan fingerprint density at radius 3 is 2.27 bits per heavy atom. The van der Waals surface area contributed by atoms with Gasteiger partial charge >= 0.3 is 0 Å². The Hall–Kier alpha value is -2.38. The number of nitrogens with zero attached hydrogens (tertiary/aromatic N) is 2. The van der Waals surface area contributed by atoms with Gasteiger partial charge in [0.2, 0.25) is 0 Å². The summed E-state index contributed by atoms with van der Waals surface area (Å²) in [4.78, 5) is 27.4. The summed E-state index contributed by atoms with van der Waals surface area (Å²) in [5.41, 5.74) is 1.82. The number of nitro benzene ring substituents is 1. The lowest BCUT2D eigenvalue weighted by Gasteiger charge is -2.32. The van der Waals surface area contributed by atoms with Crippen molar-refractivity contribution in [2.45, 2.75) is 11.4 Å². The SMILES string of the molecule is CSc1ccc(C[NH+]2CCN(C(=O)c3ccc([N+](=O)[O-])cc3)CC2)cc1. The fourth-order valence-corrected chi connectivity index (χ4v) is 3.55.